The average molecular weight is 432 g/mol. The number of carbonyl (C=O) groups is 1. The number of fused-ring (bicyclic) bond motifs is 1. The number of aryl methyl sites for hydroxylation is 1. The molecule has 0 saturated carbocycles. The van der Waals surface area contributed by atoms with E-state index in [4.69, 9.17) is 4.42 Å². The Hall–Kier alpha value is -3.03. The summed E-state index contributed by atoms with van der Waals surface area (Å²) in [7, 11) is 0. The molecule has 1 unspecified atom stereocenters. The lowest BCUT2D eigenvalue weighted by Gasteiger charge is -2.38. The number of amides is 1. The van der Waals surface area contributed by atoms with Crippen molar-refractivity contribution in [3.8, 4) is 0 Å². The van der Waals surface area contributed by atoms with Crippen LogP contribution in [-0.2, 0) is 24.3 Å². The number of carbonyl (C=O) groups excluding carboxylic acids is 1. The third-order valence-corrected chi connectivity index (χ3v) is 6.48. The van der Waals surface area contributed by atoms with Crippen LogP contribution in [0.2, 0.25) is 0 Å². The maximum Gasteiger partial charge on any atom is 0.236 e. The average Bonchev–Trinajstić information content (AvgIpc) is 3.26. The Labute approximate surface area is 188 Å². The minimum absolute atomic E-state index is 0.0746. The normalized spacial score (nSPS) is 19.7. The number of nitrogens with zero attached hydrogens (tertiary/aromatic N) is 5. The molecule has 0 aliphatic carbocycles. The van der Waals surface area contributed by atoms with Crippen LogP contribution >= 0.6 is 0 Å². The summed E-state index contributed by atoms with van der Waals surface area (Å²) in [4.78, 5) is 19.8. The summed E-state index contributed by atoms with van der Waals surface area (Å²) in [6.07, 6.45) is 0.774. The third-order valence-electron chi connectivity index (χ3n) is 6.48. The van der Waals surface area contributed by atoms with E-state index in [1.165, 1.54) is 16.7 Å². The number of hydrogen-bond donors (Lipinski definition) is 0. The smallest absolute Gasteiger partial charge is 0.236 e. The predicted octanol–water partition coefficient (Wildman–Crippen LogP) is 2.82. The van der Waals surface area contributed by atoms with Gasteiger partial charge in [-0.15, -0.1) is 10.2 Å². The largest absolute Gasteiger partial charge is 0.424 e. The quantitative estimate of drug-likeness (QED) is 0.619. The summed E-state index contributed by atoms with van der Waals surface area (Å²) in [5.41, 5.74) is 3.86. The summed E-state index contributed by atoms with van der Waals surface area (Å²) >= 11 is 0. The van der Waals surface area contributed by atoms with Crippen molar-refractivity contribution in [3.63, 3.8) is 0 Å². The predicted molar refractivity (Wildman–Crippen MR) is 121 cm³/mol. The van der Waals surface area contributed by atoms with Crippen LogP contribution in [0.4, 0.5) is 0 Å². The second-order valence-electron chi connectivity index (χ2n) is 8.70. The highest BCUT2D eigenvalue weighted by atomic mass is 16.4. The number of rotatable bonds is 5. The molecule has 2 aliphatic heterocycles. The van der Waals surface area contributed by atoms with E-state index >= 15 is 0 Å². The van der Waals surface area contributed by atoms with Crippen LogP contribution < -0.4 is 0 Å². The van der Waals surface area contributed by atoms with Crippen molar-refractivity contribution in [2.24, 2.45) is 0 Å². The third kappa shape index (κ3) is 4.59. The molecule has 5 rings (SSSR count). The zero-order valence-corrected chi connectivity index (χ0v) is 18.5. The van der Waals surface area contributed by atoms with Crippen molar-refractivity contribution >= 4 is 5.91 Å². The van der Waals surface area contributed by atoms with E-state index in [0.29, 0.717) is 24.9 Å². The monoisotopic (exact) mass is 431 g/mol. The number of piperazine rings is 1. The molecule has 3 heterocycles. The van der Waals surface area contributed by atoms with Crippen LogP contribution in [-0.4, -0.2) is 63.5 Å². The van der Waals surface area contributed by atoms with Gasteiger partial charge in [0.15, 0.2) is 0 Å². The Balaban J connectivity index is 1.23. The van der Waals surface area contributed by atoms with Crippen molar-refractivity contribution < 1.29 is 9.21 Å². The lowest BCUT2D eigenvalue weighted by molar-refractivity contribution is -0.135. The molecular weight excluding hydrogens is 402 g/mol. The molecule has 2 aliphatic rings. The van der Waals surface area contributed by atoms with Crippen molar-refractivity contribution in [3.05, 3.63) is 83.1 Å². The molecule has 32 heavy (non-hydrogen) atoms. The van der Waals surface area contributed by atoms with Crippen molar-refractivity contribution in [2.45, 2.75) is 32.5 Å². The van der Waals surface area contributed by atoms with Crippen LogP contribution in [0.25, 0.3) is 0 Å². The molecule has 1 atom stereocenters. The molecule has 0 bridgehead atoms. The van der Waals surface area contributed by atoms with Gasteiger partial charge in [0, 0.05) is 46.2 Å². The van der Waals surface area contributed by atoms with Crippen LogP contribution in [0.3, 0.4) is 0 Å². The molecule has 1 aromatic heterocycles. The van der Waals surface area contributed by atoms with Gasteiger partial charge in [-0.3, -0.25) is 14.6 Å². The van der Waals surface area contributed by atoms with Gasteiger partial charge in [0.1, 0.15) is 0 Å². The van der Waals surface area contributed by atoms with Gasteiger partial charge in [0.2, 0.25) is 17.7 Å². The minimum Gasteiger partial charge on any atom is -0.424 e. The van der Waals surface area contributed by atoms with E-state index in [0.717, 1.165) is 39.1 Å². The van der Waals surface area contributed by atoms with E-state index in [1.807, 2.05) is 11.0 Å². The van der Waals surface area contributed by atoms with Gasteiger partial charge in [-0.05, 0) is 23.1 Å². The van der Waals surface area contributed by atoms with Gasteiger partial charge >= 0.3 is 0 Å². The summed E-state index contributed by atoms with van der Waals surface area (Å²) in [6.45, 7) is 7.13. The Morgan fingerprint density at radius 3 is 2.41 bits per heavy atom. The fourth-order valence-corrected chi connectivity index (χ4v) is 4.70. The molecule has 166 valence electrons. The molecule has 7 nitrogen and oxygen atoms in total. The maximum atomic E-state index is 13.2. The highest BCUT2D eigenvalue weighted by Crippen LogP contribution is 2.32. The second-order valence-corrected chi connectivity index (χ2v) is 8.70. The molecule has 1 amide bonds. The van der Waals surface area contributed by atoms with Crippen LogP contribution in [0.5, 0.6) is 0 Å². The molecule has 0 radical (unpaired) electrons. The van der Waals surface area contributed by atoms with Gasteiger partial charge in [0.05, 0.1) is 12.6 Å². The molecule has 0 spiro atoms. The summed E-state index contributed by atoms with van der Waals surface area (Å²) in [5.74, 6) is 1.32. The lowest BCUT2D eigenvalue weighted by atomic mass is 9.94. The number of aromatic nitrogens is 2. The number of hydrogen-bond acceptors (Lipinski definition) is 6. The molecule has 1 fully saturated rings. The molecule has 7 heteroatoms. The lowest BCUT2D eigenvalue weighted by Crippen LogP contribution is -2.51. The Kier molecular flexibility index (Phi) is 6.01. The van der Waals surface area contributed by atoms with E-state index < -0.39 is 0 Å². The zero-order chi connectivity index (χ0) is 21.9. The Morgan fingerprint density at radius 1 is 0.969 bits per heavy atom. The highest BCUT2D eigenvalue weighted by Gasteiger charge is 2.33. The van der Waals surface area contributed by atoms with Crippen molar-refractivity contribution in [1.82, 2.24) is 24.9 Å². The van der Waals surface area contributed by atoms with Gasteiger partial charge < -0.3 is 9.32 Å². The first-order chi connectivity index (χ1) is 15.7. The molecule has 0 N–H and O–H groups in total. The van der Waals surface area contributed by atoms with Crippen LogP contribution in [0, 0.1) is 6.92 Å². The summed E-state index contributed by atoms with van der Waals surface area (Å²) in [5, 5.41) is 8.29. The number of benzene rings is 2. The SMILES string of the molecule is Cc1nnc(C2Cc3ccccc3CN2CC(=O)N2CCN(Cc3ccccc3)CC2)o1. The van der Waals surface area contributed by atoms with E-state index in [1.54, 1.807) is 6.92 Å². The second kappa shape index (κ2) is 9.22. The standard InChI is InChI=1S/C25H29N5O2/c1-19-26-27-25(32-19)23-15-21-9-5-6-10-22(21)17-30(23)18-24(31)29-13-11-28(12-14-29)16-20-7-3-2-4-8-20/h2-10,23H,11-18H2,1H3. The minimum atomic E-state index is -0.0746. The topological polar surface area (TPSA) is 65.7 Å². The Morgan fingerprint density at radius 2 is 1.69 bits per heavy atom. The van der Waals surface area contributed by atoms with Crippen molar-refractivity contribution in [2.75, 3.05) is 32.7 Å². The van der Waals surface area contributed by atoms with Gasteiger partial charge in [0.25, 0.3) is 0 Å². The van der Waals surface area contributed by atoms with Crippen LogP contribution in [0.15, 0.2) is 59.0 Å². The maximum absolute atomic E-state index is 13.2. The van der Waals surface area contributed by atoms with E-state index in [2.05, 4.69) is 68.5 Å². The van der Waals surface area contributed by atoms with Gasteiger partial charge in [-0.25, -0.2) is 0 Å². The molecular formula is C25H29N5O2. The Bertz CT molecular complexity index is 1060. The fraction of sp³-hybridized carbons (Fsp3) is 0.400. The van der Waals surface area contributed by atoms with E-state index in [-0.39, 0.29) is 11.9 Å². The zero-order valence-electron chi connectivity index (χ0n) is 18.5. The molecule has 2 aromatic carbocycles. The van der Waals surface area contributed by atoms with Crippen LogP contribution in [0.1, 0.15) is 34.5 Å². The highest BCUT2D eigenvalue weighted by molar-refractivity contribution is 5.78. The molecule has 1 saturated heterocycles. The fourth-order valence-electron chi connectivity index (χ4n) is 4.70. The summed E-state index contributed by atoms with van der Waals surface area (Å²) in [6, 6.07) is 18.8. The summed E-state index contributed by atoms with van der Waals surface area (Å²) < 4.78 is 5.77. The first kappa shape index (κ1) is 20.8. The first-order valence-electron chi connectivity index (χ1n) is 11.3. The first-order valence-corrected chi connectivity index (χ1v) is 11.3. The molecule has 3 aromatic rings. The van der Waals surface area contributed by atoms with Gasteiger partial charge in [-0.1, -0.05) is 54.6 Å². The van der Waals surface area contributed by atoms with Gasteiger partial charge in [-0.2, -0.15) is 0 Å². The van der Waals surface area contributed by atoms with Crippen molar-refractivity contribution in [1.29, 1.82) is 0 Å². The van der Waals surface area contributed by atoms with E-state index in [9.17, 15) is 4.79 Å².